The summed E-state index contributed by atoms with van der Waals surface area (Å²) in [5, 5.41) is 4.31. The lowest BCUT2D eigenvalue weighted by atomic mass is 10.3. The van der Waals surface area contributed by atoms with E-state index in [2.05, 4.69) is 31.0 Å². The second-order valence-electron chi connectivity index (χ2n) is 3.98. The van der Waals surface area contributed by atoms with Crippen LogP contribution in [-0.2, 0) is 0 Å². The van der Waals surface area contributed by atoms with Crippen molar-refractivity contribution in [2.24, 2.45) is 0 Å². The molecule has 3 aromatic rings. The molecule has 0 N–H and O–H groups in total. The number of halogens is 3. The molecule has 20 heavy (non-hydrogen) atoms. The molecule has 5 nitrogen and oxygen atoms in total. The summed E-state index contributed by atoms with van der Waals surface area (Å²) < 4.78 is 20.7. The molecule has 1 aromatic carbocycles. The van der Waals surface area contributed by atoms with Crippen molar-refractivity contribution in [2.75, 3.05) is 0 Å². The maximum Gasteiger partial charge on any atom is 0.256 e. The van der Waals surface area contributed by atoms with Crippen molar-refractivity contribution in [2.45, 2.75) is 6.92 Å². The van der Waals surface area contributed by atoms with Crippen LogP contribution in [0.5, 0.6) is 11.6 Å². The van der Waals surface area contributed by atoms with Gasteiger partial charge < -0.3 is 4.74 Å². The molecule has 0 spiro atoms. The van der Waals surface area contributed by atoms with Gasteiger partial charge in [-0.2, -0.15) is 19.6 Å². The average molecular weight is 358 g/mol. The molecule has 0 saturated heterocycles. The second kappa shape index (κ2) is 4.99. The molecule has 0 aliphatic heterocycles. The number of ether oxygens (including phenoxy) is 1. The summed E-state index contributed by atoms with van der Waals surface area (Å²) in [6.07, 6.45) is 1.35. The van der Waals surface area contributed by atoms with Crippen LogP contribution in [0.15, 0.2) is 29.0 Å². The van der Waals surface area contributed by atoms with Gasteiger partial charge in [-0.1, -0.05) is 11.6 Å². The van der Waals surface area contributed by atoms with Gasteiger partial charge in [0.1, 0.15) is 23.0 Å². The molecule has 0 aliphatic carbocycles. The summed E-state index contributed by atoms with van der Waals surface area (Å²) in [5.74, 6) is 0.793. The molecule has 0 fully saturated rings. The van der Waals surface area contributed by atoms with Gasteiger partial charge in [0.25, 0.3) is 5.78 Å². The highest BCUT2D eigenvalue weighted by molar-refractivity contribution is 9.10. The molecule has 0 unspecified atom stereocenters. The van der Waals surface area contributed by atoms with E-state index in [4.69, 9.17) is 16.3 Å². The van der Waals surface area contributed by atoms with Crippen LogP contribution in [0, 0.1) is 12.7 Å². The van der Waals surface area contributed by atoms with E-state index < -0.39 is 0 Å². The summed E-state index contributed by atoms with van der Waals surface area (Å²) in [7, 11) is 0. The van der Waals surface area contributed by atoms with Gasteiger partial charge in [0.2, 0.25) is 5.88 Å². The third kappa shape index (κ3) is 2.23. The fourth-order valence-electron chi connectivity index (χ4n) is 1.65. The first-order valence-corrected chi connectivity index (χ1v) is 6.72. The van der Waals surface area contributed by atoms with E-state index in [-0.39, 0.29) is 11.0 Å². The van der Waals surface area contributed by atoms with Gasteiger partial charge in [-0.3, -0.25) is 0 Å². The predicted octanol–water partition coefficient (Wildman–Crippen LogP) is 3.78. The molecule has 102 valence electrons. The van der Waals surface area contributed by atoms with E-state index in [0.717, 1.165) is 0 Å². The first-order chi connectivity index (χ1) is 9.56. The summed E-state index contributed by atoms with van der Waals surface area (Å²) in [4.78, 5) is 8.04. The molecule has 0 saturated carbocycles. The molecular formula is C12H7BrClFN4O. The van der Waals surface area contributed by atoms with E-state index in [1.54, 1.807) is 6.92 Å². The third-order valence-corrected chi connectivity index (χ3v) is 3.63. The summed E-state index contributed by atoms with van der Waals surface area (Å²) in [6.45, 7) is 1.75. The lowest BCUT2D eigenvalue weighted by Gasteiger charge is -2.11. The minimum atomic E-state index is -0.368. The van der Waals surface area contributed by atoms with Gasteiger partial charge in [-0.15, -0.1) is 0 Å². The maximum absolute atomic E-state index is 13.2. The maximum atomic E-state index is 13.2. The fraction of sp³-hybridized carbons (Fsp3) is 0.0833. The largest absolute Gasteiger partial charge is 0.438 e. The highest BCUT2D eigenvalue weighted by Gasteiger charge is 2.14. The number of hydrogen-bond acceptors (Lipinski definition) is 4. The summed E-state index contributed by atoms with van der Waals surface area (Å²) in [5.41, 5.74) is 0.616. The molecule has 0 radical (unpaired) electrons. The van der Waals surface area contributed by atoms with E-state index >= 15 is 0 Å². The summed E-state index contributed by atoms with van der Waals surface area (Å²) >= 11 is 9.14. The molecule has 3 rings (SSSR count). The van der Waals surface area contributed by atoms with Crippen LogP contribution in [0.25, 0.3) is 5.78 Å². The zero-order chi connectivity index (χ0) is 14.3. The van der Waals surface area contributed by atoms with Gasteiger partial charge in [0.05, 0.1) is 4.47 Å². The first-order valence-electron chi connectivity index (χ1n) is 5.55. The fourth-order valence-corrected chi connectivity index (χ4v) is 2.16. The molecule has 0 aliphatic rings. The van der Waals surface area contributed by atoms with Crippen LogP contribution in [-0.4, -0.2) is 19.6 Å². The number of benzene rings is 1. The molecule has 0 bridgehead atoms. The standard InChI is InChI=1S/C12H7BrClFN4O/c1-6-10(14)18-12-16-5-17-19(12)11(6)20-7-2-3-9(15)8(13)4-7/h2-5H,1H3. The van der Waals surface area contributed by atoms with Crippen molar-refractivity contribution in [1.82, 2.24) is 19.6 Å². The Kier molecular flexibility index (Phi) is 3.31. The van der Waals surface area contributed by atoms with Gasteiger partial charge in [0, 0.05) is 5.56 Å². The quantitative estimate of drug-likeness (QED) is 0.655. The van der Waals surface area contributed by atoms with E-state index in [9.17, 15) is 4.39 Å². The Morgan fingerprint density at radius 2 is 2.20 bits per heavy atom. The van der Waals surface area contributed by atoms with Crippen LogP contribution < -0.4 is 4.74 Å². The highest BCUT2D eigenvalue weighted by Crippen LogP contribution is 2.30. The highest BCUT2D eigenvalue weighted by atomic mass is 79.9. The first kappa shape index (κ1) is 13.3. The van der Waals surface area contributed by atoms with Crippen LogP contribution in [0.4, 0.5) is 4.39 Å². The van der Waals surface area contributed by atoms with Crippen LogP contribution in [0.2, 0.25) is 5.15 Å². The number of fused-ring (bicyclic) bond motifs is 1. The van der Waals surface area contributed by atoms with Crippen molar-refractivity contribution < 1.29 is 9.13 Å². The minimum absolute atomic E-state index is 0.279. The molecule has 8 heteroatoms. The molecule has 2 aromatic heterocycles. The smallest absolute Gasteiger partial charge is 0.256 e. The van der Waals surface area contributed by atoms with Gasteiger partial charge >= 0.3 is 0 Å². The van der Waals surface area contributed by atoms with E-state index in [0.29, 0.717) is 27.4 Å². The Labute approximate surface area is 126 Å². The Balaban J connectivity index is 2.11. The van der Waals surface area contributed by atoms with Crippen molar-refractivity contribution >= 4 is 33.3 Å². The average Bonchev–Trinajstić information content (AvgIpc) is 2.87. The van der Waals surface area contributed by atoms with Crippen LogP contribution >= 0.6 is 27.5 Å². The molecule has 2 heterocycles. The lowest BCUT2D eigenvalue weighted by Crippen LogP contribution is -2.01. The Bertz CT molecular complexity index is 807. The van der Waals surface area contributed by atoms with Gasteiger partial charge in [-0.05, 0) is 41.1 Å². The number of rotatable bonds is 2. The summed E-state index contributed by atoms with van der Waals surface area (Å²) in [6, 6.07) is 4.33. The van der Waals surface area contributed by atoms with Gasteiger partial charge in [0.15, 0.2) is 0 Å². The molecule has 0 atom stereocenters. The van der Waals surface area contributed by atoms with Crippen molar-refractivity contribution in [3.63, 3.8) is 0 Å². The third-order valence-electron chi connectivity index (χ3n) is 2.66. The Hall–Kier alpha value is -1.73. The zero-order valence-electron chi connectivity index (χ0n) is 10.1. The van der Waals surface area contributed by atoms with Crippen molar-refractivity contribution in [3.05, 3.63) is 45.5 Å². The van der Waals surface area contributed by atoms with E-state index in [1.807, 2.05) is 0 Å². The Morgan fingerprint density at radius 1 is 1.40 bits per heavy atom. The van der Waals surface area contributed by atoms with Gasteiger partial charge in [-0.25, -0.2) is 4.39 Å². The normalized spacial score (nSPS) is 11.0. The topological polar surface area (TPSA) is 52.3 Å². The minimum Gasteiger partial charge on any atom is -0.438 e. The lowest BCUT2D eigenvalue weighted by molar-refractivity contribution is 0.440. The second-order valence-corrected chi connectivity index (χ2v) is 5.19. The number of hydrogen-bond donors (Lipinski definition) is 0. The zero-order valence-corrected chi connectivity index (χ0v) is 12.5. The number of nitrogens with zero attached hydrogens (tertiary/aromatic N) is 4. The van der Waals surface area contributed by atoms with Crippen molar-refractivity contribution in [1.29, 1.82) is 0 Å². The molecular weight excluding hydrogens is 351 g/mol. The van der Waals surface area contributed by atoms with E-state index in [1.165, 1.54) is 29.0 Å². The Morgan fingerprint density at radius 3 is 2.95 bits per heavy atom. The van der Waals surface area contributed by atoms with Crippen LogP contribution in [0.1, 0.15) is 5.56 Å². The SMILES string of the molecule is Cc1c(Cl)nc2ncnn2c1Oc1ccc(F)c(Br)c1. The number of aromatic nitrogens is 4. The molecule has 0 amide bonds. The predicted molar refractivity (Wildman–Crippen MR) is 74.7 cm³/mol. The van der Waals surface area contributed by atoms with Crippen molar-refractivity contribution in [3.8, 4) is 11.6 Å². The monoisotopic (exact) mass is 356 g/mol. The van der Waals surface area contributed by atoms with Crippen LogP contribution in [0.3, 0.4) is 0 Å².